The average Bonchev–Trinajstić information content (AvgIpc) is 0.749. The van der Waals surface area contributed by atoms with Crippen molar-refractivity contribution in [3.8, 4) is 0 Å². The standard InChI is InChI=1S/2C24H20P.4C8H9NOSe.Mo.O/c2*1-5-13-21(14-6-1)25(22-15-7-2-8-16-22,23-17-9-3-10-18-23)24-19-11-4-12-20-24;4*1-6(10)9-7-4-2-3-5-8(7)11;;/h2*1-20H;4*2-5,11H,1H3,(H,9,10);;/q2*+1;;;;;+4;-2/p-4. The molecule has 0 aliphatic rings. The van der Waals surface area contributed by atoms with E-state index in [0.29, 0.717) is 0 Å². The summed E-state index contributed by atoms with van der Waals surface area (Å²) in [5, 5.41) is 21.9. The van der Waals surface area contributed by atoms with Crippen LogP contribution in [0.1, 0.15) is 27.7 Å². The van der Waals surface area contributed by atoms with E-state index in [1.807, 2.05) is 97.1 Å². The topological polar surface area (TPSA) is 145 Å². The predicted octanol–water partition coefficient (Wildman–Crippen LogP) is 10.2. The van der Waals surface area contributed by atoms with Crippen molar-refractivity contribution < 1.29 is 45.7 Å². The summed E-state index contributed by atoms with van der Waals surface area (Å²) in [7, 11) is -3.81. The number of amides is 4. The Morgan fingerprint density at radius 2 is 0.333 bits per heavy atom. The van der Waals surface area contributed by atoms with Crippen molar-refractivity contribution in [2.45, 2.75) is 27.7 Å². The molecule has 4 N–H and O–H groups in total. The molecule has 12 aromatic rings. The first-order valence-electron chi connectivity index (χ1n) is 30.0. The fraction of sp³-hybridized carbons (Fsp3) is 0.0500. The summed E-state index contributed by atoms with van der Waals surface area (Å²) in [5.74, 6) is -0.194. The summed E-state index contributed by atoms with van der Waals surface area (Å²) in [6.07, 6.45) is 0. The van der Waals surface area contributed by atoms with E-state index in [-0.39, 0.29) is 50.2 Å². The maximum absolute atomic E-state index is 10.6. The number of carbonyl (C=O) groups is 4. The zero-order valence-electron chi connectivity index (χ0n) is 53.3. The number of hydrogen-bond acceptors (Lipinski definition) is 4. The summed E-state index contributed by atoms with van der Waals surface area (Å²) in [4.78, 5) is 42.6. The Hall–Kier alpha value is -7.89. The first-order valence-corrected chi connectivity index (χ1v) is 37.0. The van der Waals surface area contributed by atoms with E-state index in [1.54, 1.807) is 0 Å². The van der Waals surface area contributed by atoms with Gasteiger partial charge in [0, 0.05) is 0 Å². The Labute approximate surface area is 614 Å². The van der Waals surface area contributed by atoms with Crippen LogP contribution in [0.3, 0.4) is 0 Å². The minimum absolute atomic E-state index is 0. The van der Waals surface area contributed by atoms with Gasteiger partial charge in [0.05, 0.1) is 0 Å². The van der Waals surface area contributed by atoms with E-state index >= 15 is 0 Å². The van der Waals surface area contributed by atoms with E-state index in [0.717, 1.165) is 40.6 Å². The Morgan fingerprint density at radius 1 is 0.219 bits per heavy atom. The first kappa shape index (κ1) is 78.8. The summed E-state index contributed by atoms with van der Waals surface area (Å²) in [6.45, 7) is 5.97. The summed E-state index contributed by atoms with van der Waals surface area (Å²) in [5.41, 5.74) is 3.33. The van der Waals surface area contributed by atoms with Crippen LogP contribution in [0.25, 0.3) is 0 Å². The molecule has 16 heteroatoms. The van der Waals surface area contributed by atoms with Gasteiger partial charge in [-0.1, -0.05) is 146 Å². The zero-order valence-corrected chi connectivity index (χ0v) is 64.0. The third-order valence-corrected chi connectivity index (χ3v) is 25.5. The van der Waals surface area contributed by atoms with Crippen LogP contribution in [0.15, 0.2) is 340 Å². The number of carbonyl (C=O) groups excluding carboxylic acids is 4. The van der Waals surface area contributed by atoms with Gasteiger partial charge in [0.15, 0.2) is 0 Å². The molecule has 0 saturated heterocycles. The maximum atomic E-state index is 10.6. The van der Waals surface area contributed by atoms with Crippen molar-refractivity contribution in [3.05, 3.63) is 340 Å². The minimum atomic E-state index is -1.91. The molecule has 12 rings (SSSR count). The molecule has 0 radical (unpaired) electrons. The van der Waals surface area contributed by atoms with Gasteiger partial charge in [-0.15, -0.1) is 0 Å². The number of rotatable bonds is 12. The largest absolute Gasteiger partial charge is 4.00 e. The monoisotopic (exact) mass is 1650 g/mol. The van der Waals surface area contributed by atoms with E-state index in [2.05, 4.69) is 328 Å². The molecule has 0 unspecified atom stereocenters. The predicted molar refractivity (Wildman–Crippen MR) is 408 cm³/mol. The van der Waals surface area contributed by atoms with Gasteiger partial charge in [-0.05, 0) is 97.1 Å². The molecule has 482 valence electrons. The molecular weight excluding hydrogens is 1570 g/mol. The Morgan fingerprint density at radius 3 is 0.448 bits per heavy atom. The van der Waals surface area contributed by atoms with Crippen LogP contribution in [0.4, 0.5) is 22.7 Å². The average molecular weight is 1640 g/mol. The van der Waals surface area contributed by atoms with Gasteiger partial charge in [0.25, 0.3) is 0 Å². The third-order valence-electron chi connectivity index (χ3n) is 13.9. The van der Waals surface area contributed by atoms with Gasteiger partial charge < -0.3 is 5.48 Å². The van der Waals surface area contributed by atoms with Gasteiger partial charge in [0.2, 0.25) is 0 Å². The second kappa shape index (κ2) is 41.9. The summed E-state index contributed by atoms with van der Waals surface area (Å²) >= 11 is 11.4. The zero-order chi connectivity index (χ0) is 67.0. The van der Waals surface area contributed by atoms with E-state index < -0.39 is 14.5 Å². The van der Waals surface area contributed by atoms with Crippen LogP contribution >= 0.6 is 14.5 Å². The normalized spacial score (nSPS) is 10.0. The third kappa shape index (κ3) is 23.2. The van der Waals surface area contributed by atoms with Crippen molar-refractivity contribution in [3.63, 3.8) is 0 Å². The van der Waals surface area contributed by atoms with Gasteiger partial charge in [-0.25, -0.2) is 0 Å². The van der Waals surface area contributed by atoms with Crippen molar-refractivity contribution in [1.82, 2.24) is 0 Å². The number of anilines is 4. The van der Waals surface area contributed by atoms with Crippen molar-refractivity contribution in [1.29, 1.82) is 0 Å². The Balaban J connectivity index is 0.000000218. The second-order valence-electron chi connectivity index (χ2n) is 20.7. The van der Waals surface area contributed by atoms with Crippen LogP contribution in [-0.4, -0.2) is 87.7 Å². The van der Waals surface area contributed by atoms with Crippen LogP contribution in [-0.2, 0) is 45.7 Å². The SMILES string of the molecule is CC(=O)Nc1ccccc1[Se-].CC(=O)Nc1ccccc1[Se-].CC(=O)Nc1ccccc1[Se-].CC(=O)Nc1ccccc1[Se-].[Mo+4].[O-2].c1ccc([P+](c2ccccc2)(c2ccccc2)c2ccccc2)cc1.c1ccc([P+](c2ccccc2)(c2ccccc2)c2ccccc2)cc1. The summed E-state index contributed by atoms with van der Waals surface area (Å²) in [6, 6.07) is 118. The number of para-hydroxylation sites is 4. The number of hydrogen-bond donors (Lipinski definition) is 4. The Bertz CT molecular complexity index is 3560. The first-order chi connectivity index (χ1) is 45.6. The van der Waals surface area contributed by atoms with Gasteiger partial charge >= 0.3 is 315 Å². The molecule has 96 heavy (non-hydrogen) atoms. The smallest absolute Gasteiger partial charge is 2.00 e. The summed E-state index contributed by atoms with van der Waals surface area (Å²) < 4.78 is 3.84. The number of nitrogens with one attached hydrogen (secondary N) is 4. The fourth-order valence-electron chi connectivity index (χ4n) is 10.0. The van der Waals surface area contributed by atoms with Gasteiger partial charge in [-0.2, -0.15) is 0 Å². The van der Waals surface area contributed by atoms with Crippen LogP contribution in [0.5, 0.6) is 0 Å². The fourth-order valence-corrected chi connectivity index (χ4v) is 20.2. The molecule has 0 heterocycles. The molecule has 0 aliphatic carbocycles. The molecular formula is C80H72MoN4O5P2Se4. The maximum Gasteiger partial charge on any atom is 4.00 e. The van der Waals surface area contributed by atoms with Gasteiger partial charge in [-0.3, -0.25) is 0 Å². The number of benzene rings is 12. The van der Waals surface area contributed by atoms with Crippen LogP contribution in [0, 0.1) is 0 Å². The quantitative estimate of drug-likeness (QED) is 0.0713. The Kier molecular flexibility index (Phi) is 34.4. The van der Waals surface area contributed by atoms with E-state index in [4.69, 9.17) is 0 Å². The molecule has 12 aromatic carbocycles. The van der Waals surface area contributed by atoms with Gasteiger partial charge in [0.1, 0.15) is 57.0 Å². The molecule has 0 fully saturated rings. The molecule has 4 amide bonds. The van der Waals surface area contributed by atoms with Crippen molar-refractivity contribution in [2.75, 3.05) is 21.3 Å². The molecule has 0 aromatic heterocycles. The van der Waals surface area contributed by atoms with E-state index in [9.17, 15) is 19.2 Å². The molecule has 0 saturated carbocycles. The minimum Gasteiger partial charge on any atom is -2.00 e. The molecule has 0 atom stereocenters. The molecule has 9 nitrogen and oxygen atoms in total. The van der Waals surface area contributed by atoms with Crippen molar-refractivity contribution >= 4 is 185 Å². The van der Waals surface area contributed by atoms with E-state index in [1.165, 1.54) is 70.1 Å². The van der Waals surface area contributed by atoms with Crippen LogP contribution in [0.2, 0.25) is 0 Å². The molecule has 0 spiro atoms. The van der Waals surface area contributed by atoms with Crippen LogP contribution < -0.4 is 81.6 Å². The molecule has 0 bridgehead atoms. The second-order valence-corrected chi connectivity index (χ2v) is 31.2. The van der Waals surface area contributed by atoms with Crippen molar-refractivity contribution in [2.24, 2.45) is 0 Å². The molecule has 0 aliphatic heterocycles.